The van der Waals surface area contributed by atoms with E-state index in [9.17, 15) is 59.4 Å². The van der Waals surface area contributed by atoms with Gasteiger partial charge in [-0.15, -0.1) is 19.8 Å². The van der Waals surface area contributed by atoms with Gasteiger partial charge in [0.05, 0.1) is 35.7 Å². The van der Waals surface area contributed by atoms with Gasteiger partial charge in [-0.05, 0) is 40.0 Å². The van der Waals surface area contributed by atoms with E-state index < -0.39 is 35.7 Å². The fourth-order valence-corrected chi connectivity index (χ4v) is 1.86. The van der Waals surface area contributed by atoms with Crippen LogP contribution in [0.2, 0.25) is 0 Å². The molecule has 0 aliphatic heterocycles. The predicted octanol–water partition coefficient (Wildman–Crippen LogP) is -2.70. The van der Waals surface area contributed by atoms with E-state index in [1.165, 1.54) is 20.8 Å². The molecule has 252 valence electrons. The first-order valence-electron chi connectivity index (χ1n) is 14.0. The maximum Gasteiger partial charge on any atom is 3.00 e. The van der Waals surface area contributed by atoms with E-state index in [4.69, 9.17) is 0 Å². The van der Waals surface area contributed by atoms with Crippen molar-refractivity contribution in [2.24, 2.45) is 35.5 Å². The van der Waals surface area contributed by atoms with Crippen LogP contribution >= 0.6 is 0 Å². The van der Waals surface area contributed by atoms with Gasteiger partial charge in [0.15, 0.2) is 0 Å². The topological polar surface area (TPSA) is 241 Å². The van der Waals surface area contributed by atoms with Crippen molar-refractivity contribution in [1.82, 2.24) is 0 Å². The smallest absolute Gasteiger partial charge is 0.854 e. The molecule has 0 fully saturated rings. The van der Waals surface area contributed by atoms with E-state index in [0.29, 0.717) is 37.0 Å². The molecule has 0 amide bonds. The molecular formula is C30H54Al2O12. The molecule has 0 aromatic carbocycles. The minimum atomic E-state index is -1.27. The Morgan fingerprint density at radius 3 is 0.545 bits per heavy atom. The second-order valence-corrected chi connectivity index (χ2v) is 10.4. The zero-order valence-corrected chi connectivity index (χ0v) is 31.1. The second kappa shape index (κ2) is 41.4. The van der Waals surface area contributed by atoms with Crippen LogP contribution in [0.3, 0.4) is 0 Å². The predicted molar refractivity (Wildman–Crippen MR) is 159 cm³/mol. The molecule has 0 aliphatic rings. The van der Waals surface area contributed by atoms with Crippen LogP contribution in [-0.4, -0.2) is 89.8 Å². The number of hydrogen-bond acceptors (Lipinski definition) is 12. The molecular weight excluding hydrogens is 606 g/mol. The van der Waals surface area contributed by atoms with Gasteiger partial charge in [0, 0.05) is 0 Å². The second-order valence-electron chi connectivity index (χ2n) is 10.4. The molecule has 3 atom stereocenters. The van der Waals surface area contributed by atoms with Gasteiger partial charge in [-0.25, -0.2) is 0 Å². The van der Waals surface area contributed by atoms with Gasteiger partial charge < -0.3 is 45.0 Å². The third kappa shape index (κ3) is 53.0. The average molecular weight is 661 g/mol. The van der Waals surface area contributed by atoms with Crippen molar-refractivity contribution < 1.29 is 59.4 Å². The Bertz CT molecular complexity index is 590. The van der Waals surface area contributed by atoms with E-state index >= 15 is 0 Å². The number of carboxylic acid groups (broad SMARTS) is 3. The molecule has 14 heteroatoms. The van der Waals surface area contributed by atoms with E-state index in [2.05, 4.69) is 0 Å². The first-order valence-corrected chi connectivity index (χ1v) is 14.0. The van der Waals surface area contributed by atoms with Crippen LogP contribution < -0.4 is 30.6 Å². The van der Waals surface area contributed by atoms with Crippen molar-refractivity contribution in [3.05, 3.63) is 0 Å². The molecule has 0 aliphatic carbocycles. The van der Waals surface area contributed by atoms with E-state index in [1.807, 2.05) is 41.5 Å². The van der Waals surface area contributed by atoms with Crippen molar-refractivity contribution in [2.75, 3.05) is 19.8 Å². The Morgan fingerprint density at radius 2 is 0.545 bits per heavy atom. The summed E-state index contributed by atoms with van der Waals surface area (Å²) in [7, 11) is 0. The van der Waals surface area contributed by atoms with E-state index in [1.54, 1.807) is 20.8 Å². The molecule has 44 heavy (non-hydrogen) atoms. The maximum atomic E-state index is 10.4. The average Bonchev–Trinajstić information content (AvgIpc) is 2.85. The molecule has 0 bridgehead atoms. The van der Waals surface area contributed by atoms with Crippen molar-refractivity contribution >= 4 is 70.0 Å². The Kier molecular flexibility index (Phi) is 57.7. The number of aliphatic carboxylic acids is 3. The van der Waals surface area contributed by atoms with Gasteiger partial charge in [0.1, 0.15) is 17.3 Å². The zero-order chi connectivity index (χ0) is 35.2. The number of rotatable bonds is 12. The number of ketones is 3. The fraction of sp³-hybridized carbons (Fsp3) is 0.800. The SMILES string of the molecule is CC(C)C[O-].CC(C)C[O-].CC(C)C[O-].CCC(C(C)=O)C(=O)[O-].CCC(C(C)=O)C(=O)[O-].CCC(C(C)=O)C(=O)[O-].[Al+3].[Al+3]. The van der Waals surface area contributed by atoms with Crippen LogP contribution in [0, 0.1) is 35.5 Å². The maximum absolute atomic E-state index is 10.4. The summed E-state index contributed by atoms with van der Waals surface area (Å²) in [5.41, 5.74) is 0. The summed E-state index contributed by atoms with van der Waals surface area (Å²) < 4.78 is 0. The molecule has 0 heterocycles. The first-order chi connectivity index (χ1) is 19.1. The number of carbonyl (C=O) groups excluding carboxylic acids is 6. The normalized spacial score (nSPS) is 11.0. The van der Waals surface area contributed by atoms with E-state index in [0.717, 1.165) is 0 Å². The van der Waals surface area contributed by atoms with Crippen molar-refractivity contribution in [2.45, 2.75) is 102 Å². The van der Waals surface area contributed by atoms with Crippen LogP contribution in [-0.2, 0) is 28.8 Å². The standard InChI is InChI=1S/3C6H10O3.3C4H9O.2Al/c3*1-3-5(4(2)7)6(8)9;3*1-4(2)3-5;;/h3*5H,3H2,1-2H3,(H,8,9);3*4H,3H2,1-2H3;;/q;;;3*-1;2*+3/p-3. The first kappa shape index (κ1) is 61.4. The minimum Gasteiger partial charge on any atom is -0.854 e. The summed E-state index contributed by atoms with van der Waals surface area (Å²) in [5, 5.41) is 59.0. The molecule has 0 aromatic rings. The summed E-state index contributed by atoms with van der Waals surface area (Å²) in [6.45, 7) is 20.3. The Labute approximate surface area is 286 Å². The molecule has 12 nitrogen and oxygen atoms in total. The molecule has 0 radical (unpaired) electrons. The Hall–Kier alpha value is -1.64. The van der Waals surface area contributed by atoms with Gasteiger partial charge >= 0.3 is 34.7 Å². The van der Waals surface area contributed by atoms with Crippen LogP contribution in [0.5, 0.6) is 0 Å². The summed E-state index contributed by atoms with van der Waals surface area (Å²) in [6, 6.07) is 0. The van der Waals surface area contributed by atoms with Crippen molar-refractivity contribution in [1.29, 1.82) is 0 Å². The third-order valence-corrected chi connectivity index (χ3v) is 4.55. The molecule has 0 rings (SSSR count). The summed E-state index contributed by atoms with van der Waals surface area (Å²) >= 11 is 0. The summed E-state index contributed by atoms with van der Waals surface area (Å²) in [5.74, 6) is -6.58. The summed E-state index contributed by atoms with van der Waals surface area (Å²) in [6.07, 6.45) is 0.951. The monoisotopic (exact) mass is 660 g/mol. The number of carboxylic acids is 3. The minimum absolute atomic E-state index is 0. The summed E-state index contributed by atoms with van der Waals surface area (Å²) in [4.78, 5) is 61.3. The molecule has 0 N–H and O–H groups in total. The zero-order valence-electron chi connectivity index (χ0n) is 28.8. The third-order valence-electron chi connectivity index (χ3n) is 4.55. The number of hydrogen-bond donors (Lipinski definition) is 0. The van der Waals surface area contributed by atoms with E-state index in [-0.39, 0.29) is 71.9 Å². The molecule has 0 spiro atoms. The van der Waals surface area contributed by atoms with Gasteiger partial charge in [0.25, 0.3) is 0 Å². The Balaban J connectivity index is -0.0000000596. The molecule has 0 saturated heterocycles. The van der Waals surface area contributed by atoms with Gasteiger partial charge in [-0.1, -0.05) is 80.1 Å². The largest absolute Gasteiger partial charge is 3.00 e. The molecule has 0 saturated carbocycles. The Morgan fingerprint density at radius 1 is 0.432 bits per heavy atom. The number of carbonyl (C=O) groups is 6. The van der Waals surface area contributed by atoms with Crippen LogP contribution in [0.15, 0.2) is 0 Å². The number of Topliss-reactive ketones (excluding diaryl/α,β-unsaturated/α-hetero) is 3. The molecule has 3 unspecified atom stereocenters. The van der Waals surface area contributed by atoms with Crippen molar-refractivity contribution in [3.8, 4) is 0 Å². The van der Waals surface area contributed by atoms with Crippen LogP contribution in [0.4, 0.5) is 0 Å². The van der Waals surface area contributed by atoms with Gasteiger partial charge in [0.2, 0.25) is 0 Å². The quantitative estimate of drug-likeness (QED) is 0.153. The molecule has 0 aromatic heterocycles. The van der Waals surface area contributed by atoms with Gasteiger partial charge in [-0.3, -0.25) is 14.4 Å². The van der Waals surface area contributed by atoms with Crippen LogP contribution in [0.1, 0.15) is 102 Å². The van der Waals surface area contributed by atoms with Gasteiger partial charge in [-0.2, -0.15) is 0 Å². The van der Waals surface area contributed by atoms with Crippen molar-refractivity contribution in [3.63, 3.8) is 0 Å². The van der Waals surface area contributed by atoms with Crippen LogP contribution in [0.25, 0.3) is 0 Å². The fourth-order valence-electron chi connectivity index (χ4n) is 1.86.